The van der Waals surface area contributed by atoms with E-state index in [9.17, 15) is 0 Å². The maximum Gasteiger partial charge on any atom is 0.121 e. The van der Waals surface area contributed by atoms with Crippen LogP contribution in [0.25, 0.3) is 0 Å². The fraction of sp³-hybridized carbons (Fsp3) is 0.500. The van der Waals surface area contributed by atoms with Crippen LogP contribution in [0.4, 0.5) is 11.4 Å². The first-order valence-electron chi connectivity index (χ1n) is 5.57. The van der Waals surface area contributed by atoms with Crippen molar-refractivity contribution in [3.63, 3.8) is 0 Å². The number of methoxy groups -OCH3 is 1. The van der Waals surface area contributed by atoms with Crippen molar-refractivity contribution in [2.24, 2.45) is 0 Å². The van der Waals surface area contributed by atoms with Crippen LogP contribution < -0.4 is 15.4 Å². The van der Waals surface area contributed by atoms with E-state index in [1.807, 2.05) is 18.2 Å². The molecule has 0 aliphatic carbocycles. The van der Waals surface area contributed by atoms with Gasteiger partial charge in [-0.2, -0.15) is 0 Å². The zero-order valence-corrected chi connectivity index (χ0v) is 9.94. The summed E-state index contributed by atoms with van der Waals surface area (Å²) in [5.74, 6) is 0.815. The predicted octanol–water partition coefficient (Wildman–Crippen LogP) is 1.03. The van der Waals surface area contributed by atoms with Crippen LogP contribution in [0.15, 0.2) is 18.2 Å². The highest BCUT2D eigenvalue weighted by Gasteiger charge is 2.16. The Labute approximate surface area is 96.6 Å². The van der Waals surface area contributed by atoms with Crippen LogP contribution in [0, 0.1) is 0 Å². The Bertz CT molecular complexity index is 359. The molecule has 0 unspecified atom stereocenters. The molecule has 0 spiro atoms. The lowest BCUT2D eigenvalue weighted by atomic mass is 10.2. The SMILES string of the molecule is COc1ccc(N2CCN(C)CC2)c(N)c1. The summed E-state index contributed by atoms with van der Waals surface area (Å²) in [6, 6.07) is 5.89. The summed E-state index contributed by atoms with van der Waals surface area (Å²) in [5, 5.41) is 0. The third-order valence-electron chi connectivity index (χ3n) is 3.08. The van der Waals surface area contributed by atoms with Gasteiger partial charge in [0.25, 0.3) is 0 Å². The van der Waals surface area contributed by atoms with Gasteiger partial charge in [0.15, 0.2) is 0 Å². The molecule has 16 heavy (non-hydrogen) atoms. The van der Waals surface area contributed by atoms with Crippen LogP contribution in [-0.2, 0) is 0 Å². The standard InChI is InChI=1S/C12H19N3O/c1-14-5-7-15(8-6-14)12-4-3-10(16-2)9-11(12)13/h3-4,9H,5-8,13H2,1-2H3. The van der Waals surface area contributed by atoms with Crippen LogP contribution >= 0.6 is 0 Å². The van der Waals surface area contributed by atoms with E-state index in [-0.39, 0.29) is 0 Å². The topological polar surface area (TPSA) is 41.7 Å². The average molecular weight is 221 g/mol. The van der Waals surface area contributed by atoms with Crippen molar-refractivity contribution in [3.8, 4) is 5.75 Å². The second-order valence-corrected chi connectivity index (χ2v) is 4.22. The van der Waals surface area contributed by atoms with E-state index >= 15 is 0 Å². The summed E-state index contributed by atoms with van der Waals surface area (Å²) in [5.41, 5.74) is 7.94. The van der Waals surface area contributed by atoms with E-state index in [0.717, 1.165) is 43.3 Å². The first kappa shape index (κ1) is 11.1. The molecule has 2 rings (SSSR count). The molecule has 88 valence electrons. The van der Waals surface area contributed by atoms with E-state index < -0.39 is 0 Å². The van der Waals surface area contributed by atoms with Gasteiger partial charge in [0.05, 0.1) is 18.5 Å². The van der Waals surface area contributed by atoms with Gasteiger partial charge in [0.2, 0.25) is 0 Å². The monoisotopic (exact) mass is 221 g/mol. The van der Waals surface area contributed by atoms with Crippen molar-refractivity contribution in [3.05, 3.63) is 18.2 Å². The number of benzene rings is 1. The van der Waals surface area contributed by atoms with E-state index in [0.29, 0.717) is 0 Å². The van der Waals surface area contributed by atoms with E-state index in [1.165, 1.54) is 0 Å². The minimum absolute atomic E-state index is 0.795. The fourth-order valence-corrected chi connectivity index (χ4v) is 1.99. The zero-order valence-electron chi connectivity index (χ0n) is 9.94. The van der Waals surface area contributed by atoms with Gasteiger partial charge in [-0.15, -0.1) is 0 Å². The lowest BCUT2D eigenvalue weighted by molar-refractivity contribution is 0.313. The minimum atomic E-state index is 0.795. The molecule has 1 heterocycles. The van der Waals surface area contributed by atoms with Crippen LogP contribution in [0.3, 0.4) is 0 Å². The van der Waals surface area contributed by atoms with Gasteiger partial charge in [-0.1, -0.05) is 0 Å². The van der Waals surface area contributed by atoms with Gasteiger partial charge in [-0.05, 0) is 19.2 Å². The fourth-order valence-electron chi connectivity index (χ4n) is 1.99. The second-order valence-electron chi connectivity index (χ2n) is 4.22. The minimum Gasteiger partial charge on any atom is -0.497 e. The Hall–Kier alpha value is -1.42. The molecule has 0 bridgehead atoms. The van der Waals surface area contributed by atoms with E-state index in [1.54, 1.807) is 7.11 Å². The number of hydrogen-bond donors (Lipinski definition) is 1. The molecule has 1 aliphatic rings. The van der Waals surface area contributed by atoms with E-state index in [2.05, 4.69) is 16.8 Å². The number of rotatable bonds is 2. The molecule has 0 atom stereocenters. The summed E-state index contributed by atoms with van der Waals surface area (Å²) in [6.45, 7) is 4.25. The summed E-state index contributed by atoms with van der Waals surface area (Å²) < 4.78 is 5.15. The normalized spacial score (nSPS) is 17.5. The molecule has 1 aromatic carbocycles. The largest absolute Gasteiger partial charge is 0.497 e. The highest BCUT2D eigenvalue weighted by molar-refractivity contribution is 5.69. The lowest BCUT2D eigenvalue weighted by Crippen LogP contribution is -2.44. The molecule has 1 fully saturated rings. The van der Waals surface area contributed by atoms with Crippen molar-refractivity contribution < 1.29 is 4.74 Å². The molecule has 4 heteroatoms. The van der Waals surface area contributed by atoms with Crippen molar-refractivity contribution in [2.75, 3.05) is 51.0 Å². The number of hydrogen-bond acceptors (Lipinski definition) is 4. The highest BCUT2D eigenvalue weighted by Crippen LogP contribution is 2.28. The number of ether oxygens (including phenoxy) is 1. The number of nitrogen functional groups attached to an aromatic ring is 1. The second kappa shape index (κ2) is 4.61. The summed E-state index contributed by atoms with van der Waals surface area (Å²) in [6.07, 6.45) is 0. The molecule has 4 nitrogen and oxygen atoms in total. The Morgan fingerprint density at radius 1 is 1.19 bits per heavy atom. The van der Waals surface area contributed by atoms with Crippen molar-refractivity contribution in [2.45, 2.75) is 0 Å². The molecular formula is C12H19N3O. The number of nitrogens with zero attached hydrogens (tertiary/aromatic N) is 2. The smallest absolute Gasteiger partial charge is 0.121 e. The maximum atomic E-state index is 6.03. The summed E-state index contributed by atoms with van der Waals surface area (Å²) >= 11 is 0. The van der Waals surface area contributed by atoms with Gasteiger partial charge in [0, 0.05) is 32.2 Å². The Morgan fingerprint density at radius 2 is 1.88 bits per heavy atom. The van der Waals surface area contributed by atoms with Crippen molar-refractivity contribution in [1.29, 1.82) is 0 Å². The molecule has 0 saturated carbocycles. The molecule has 1 aliphatic heterocycles. The van der Waals surface area contributed by atoms with Crippen LogP contribution in [0.2, 0.25) is 0 Å². The Balaban J connectivity index is 2.14. The number of anilines is 2. The Morgan fingerprint density at radius 3 is 2.44 bits per heavy atom. The molecule has 0 radical (unpaired) electrons. The van der Waals surface area contributed by atoms with Crippen LogP contribution in [-0.4, -0.2) is 45.2 Å². The molecular weight excluding hydrogens is 202 g/mol. The molecule has 0 aromatic heterocycles. The molecule has 1 aromatic rings. The van der Waals surface area contributed by atoms with Crippen LogP contribution in [0.5, 0.6) is 5.75 Å². The average Bonchev–Trinajstić information content (AvgIpc) is 2.30. The highest BCUT2D eigenvalue weighted by atomic mass is 16.5. The quantitative estimate of drug-likeness (QED) is 0.757. The number of nitrogens with two attached hydrogens (primary N) is 1. The van der Waals surface area contributed by atoms with Gasteiger partial charge >= 0.3 is 0 Å². The third-order valence-corrected chi connectivity index (χ3v) is 3.08. The van der Waals surface area contributed by atoms with Crippen LogP contribution in [0.1, 0.15) is 0 Å². The van der Waals surface area contributed by atoms with Gasteiger partial charge < -0.3 is 20.3 Å². The van der Waals surface area contributed by atoms with Gasteiger partial charge in [-0.25, -0.2) is 0 Å². The number of likely N-dealkylation sites (N-methyl/N-ethyl adjacent to an activating group) is 1. The molecule has 2 N–H and O–H groups in total. The first-order chi connectivity index (χ1) is 7.70. The van der Waals surface area contributed by atoms with Crippen molar-refractivity contribution in [1.82, 2.24) is 4.90 Å². The third kappa shape index (κ3) is 2.22. The molecule has 1 saturated heterocycles. The maximum absolute atomic E-state index is 6.03. The van der Waals surface area contributed by atoms with Gasteiger partial charge in [-0.3, -0.25) is 0 Å². The zero-order chi connectivity index (χ0) is 11.5. The lowest BCUT2D eigenvalue weighted by Gasteiger charge is -2.34. The number of piperazine rings is 1. The van der Waals surface area contributed by atoms with Crippen molar-refractivity contribution >= 4 is 11.4 Å². The molecule has 0 amide bonds. The summed E-state index contributed by atoms with van der Waals surface area (Å²) in [4.78, 5) is 4.66. The Kier molecular flexibility index (Phi) is 3.19. The predicted molar refractivity (Wildman–Crippen MR) is 67.1 cm³/mol. The first-order valence-corrected chi connectivity index (χ1v) is 5.57. The van der Waals surface area contributed by atoms with Gasteiger partial charge in [0.1, 0.15) is 5.75 Å². The van der Waals surface area contributed by atoms with E-state index in [4.69, 9.17) is 10.5 Å². The summed E-state index contributed by atoms with van der Waals surface area (Å²) in [7, 11) is 3.80.